The maximum absolute atomic E-state index is 5.39. The molecular weight excluding hydrogens is 350 g/mol. The maximum atomic E-state index is 5.39. The molecule has 3 aromatic rings. The zero-order valence-electron chi connectivity index (χ0n) is 15.1. The topological polar surface area (TPSA) is 67.5 Å². The number of hydrogen-bond donors (Lipinski definition) is 0. The van der Waals surface area contributed by atoms with Gasteiger partial charge >= 0.3 is 0 Å². The number of hydrogen-bond acceptors (Lipinski definition) is 8. The van der Waals surface area contributed by atoms with Crippen molar-refractivity contribution in [3.05, 3.63) is 35.4 Å². The summed E-state index contributed by atoms with van der Waals surface area (Å²) in [5, 5.41) is 6.12. The summed E-state index contributed by atoms with van der Waals surface area (Å²) in [6.45, 7) is 6.61. The molecule has 0 amide bonds. The molecule has 1 atom stereocenters. The number of fused-ring (bicyclic) bond motifs is 1. The number of rotatable bonds is 5. The molecule has 1 saturated heterocycles. The number of pyridine rings is 1. The molecule has 0 spiro atoms. The lowest BCUT2D eigenvalue weighted by Crippen LogP contribution is -2.30. The minimum atomic E-state index is -0.146. The molecule has 4 heterocycles. The van der Waals surface area contributed by atoms with Crippen molar-refractivity contribution in [1.29, 1.82) is 0 Å². The third kappa shape index (κ3) is 3.58. The largest absolute Gasteiger partial charge is 0.374 e. The van der Waals surface area contributed by atoms with Crippen LogP contribution in [0.4, 0.5) is 5.69 Å². The van der Waals surface area contributed by atoms with Crippen molar-refractivity contribution in [2.24, 2.45) is 0 Å². The monoisotopic (exact) mass is 373 g/mol. The zero-order valence-corrected chi connectivity index (χ0v) is 15.9. The molecule has 7 nitrogen and oxygen atoms in total. The van der Waals surface area contributed by atoms with E-state index in [2.05, 4.69) is 42.4 Å². The molecule has 3 aromatic heterocycles. The van der Waals surface area contributed by atoms with Crippen molar-refractivity contribution in [1.82, 2.24) is 20.0 Å². The lowest BCUT2D eigenvalue weighted by atomic mass is 10.3. The third-order valence-corrected chi connectivity index (χ3v) is 5.74. The van der Waals surface area contributed by atoms with E-state index in [1.165, 1.54) is 10.4 Å². The van der Waals surface area contributed by atoms with E-state index in [0.29, 0.717) is 18.3 Å². The van der Waals surface area contributed by atoms with Crippen LogP contribution in [0.1, 0.15) is 31.2 Å². The first-order chi connectivity index (χ1) is 12.7. The van der Waals surface area contributed by atoms with Crippen LogP contribution in [-0.2, 0) is 11.3 Å². The molecule has 26 heavy (non-hydrogen) atoms. The molecule has 138 valence electrons. The Labute approximate surface area is 156 Å². The highest BCUT2D eigenvalue weighted by molar-refractivity contribution is 7.17. The van der Waals surface area contributed by atoms with Crippen LogP contribution in [0.15, 0.2) is 28.2 Å². The molecular formula is C18H23N5O2S. The minimum absolute atomic E-state index is 0.146. The van der Waals surface area contributed by atoms with Crippen molar-refractivity contribution in [2.75, 3.05) is 38.2 Å². The predicted octanol–water partition coefficient (Wildman–Crippen LogP) is 3.10. The van der Waals surface area contributed by atoms with Crippen LogP contribution in [0.5, 0.6) is 0 Å². The molecule has 0 saturated carbocycles. The molecule has 1 unspecified atom stereocenters. The quantitative estimate of drug-likeness (QED) is 0.681. The van der Waals surface area contributed by atoms with Crippen LogP contribution >= 0.6 is 11.3 Å². The van der Waals surface area contributed by atoms with E-state index in [9.17, 15) is 0 Å². The first-order valence-corrected chi connectivity index (χ1v) is 9.77. The van der Waals surface area contributed by atoms with Gasteiger partial charge in [-0.25, -0.2) is 0 Å². The lowest BCUT2D eigenvalue weighted by molar-refractivity contribution is 0.109. The Morgan fingerprint density at radius 1 is 1.27 bits per heavy atom. The fourth-order valence-corrected chi connectivity index (χ4v) is 4.17. The Bertz CT molecular complexity index is 864. The SMILES string of the molecule is COC(C)c1noc(CN2CCCN(c3ccnc4ccsc34)CC2)n1. The van der Waals surface area contributed by atoms with Gasteiger partial charge < -0.3 is 14.2 Å². The highest BCUT2D eigenvalue weighted by Crippen LogP contribution is 2.30. The van der Waals surface area contributed by atoms with E-state index in [1.807, 2.05) is 13.1 Å². The number of thiophene rings is 1. The third-order valence-electron chi connectivity index (χ3n) is 4.81. The summed E-state index contributed by atoms with van der Waals surface area (Å²) in [4.78, 5) is 13.7. The average Bonchev–Trinajstić information content (AvgIpc) is 3.27. The molecule has 0 radical (unpaired) electrons. The van der Waals surface area contributed by atoms with Gasteiger partial charge in [0.25, 0.3) is 0 Å². The molecule has 1 aliphatic heterocycles. The van der Waals surface area contributed by atoms with E-state index >= 15 is 0 Å². The van der Waals surface area contributed by atoms with Gasteiger partial charge in [0, 0.05) is 39.5 Å². The van der Waals surface area contributed by atoms with Crippen LogP contribution in [0.3, 0.4) is 0 Å². The Hall–Kier alpha value is -2.03. The number of methoxy groups -OCH3 is 1. The number of nitrogens with zero attached hydrogens (tertiary/aromatic N) is 5. The van der Waals surface area contributed by atoms with Crippen molar-refractivity contribution < 1.29 is 9.26 Å². The van der Waals surface area contributed by atoms with Crippen molar-refractivity contribution in [2.45, 2.75) is 26.0 Å². The van der Waals surface area contributed by atoms with Gasteiger partial charge in [-0.15, -0.1) is 11.3 Å². The highest BCUT2D eigenvalue weighted by Gasteiger charge is 2.20. The summed E-state index contributed by atoms with van der Waals surface area (Å²) in [6.07, 6.45) is 2.86. The van der Waals surface area contributed by atoms with Gasteiger partial charge in [-0.2, -0.15) is 4.98 Å². The molecule has 0 aromatic carbocycles. The van der Waals surface area contributed by atoms with E-state index in [-0.39, 0.29) is 6.10 Å². The standard InChI is InChI=1S/C18H23N5O2S/c1-13(24-2)18-20-16(25-21-18)12-22-7-3-8-23(10-9-22)15-4-6-19-14-5-11-26-17(14)15/h4-6,11,13H,3,7-10,12H2,1-2H3. The summed E-state index contributed by atoms with van der Waals surface area (Å²) >= 11 is 1.76. The Morgan fingerprint density at radius 2 is 2.19 bits per heavy atom. The van der Waals surface area contributed by atoms with Crippen molar-refractivity contribution in [3.8, 4) is 0 Å². The second-order valence-corrected chi connectivity index (χ2v) is 7.42. The zero-order chi connectivity index (χ0) is 17.9. The summed E-state index contributed by atoms with van der Waals surface area (Å²) in [5.74, 6) is 1.26. The molecule has 4 rings (SSSR count). The second kappa shape index (κ2) is 7.69. The van der Waals surface area contributed by atoms with Crippen LogP contribution < -0.4 is 4.90 Å². The van der Waals surface area contributed by atoms with Crippen LogP contribution in [-0.4, -0.2) is 53.3 Å². The van der Waals surface area contributed by atoms with E-state index in [1.54, 1.807) is 18.4 Å². The van der Waals surface area contributed by atoms with Gasteiger partial charge in [0.1, 0.15) is 6.10 Å². The smallest absolute Gasteiger partial charge is 0.240 e. The first-order valence-electron chi connectivity index (χ1n) is 8.89. The van der Waals surface area contributed by atoms with Crippen LogP contribution in [0.25, 0.3) is 10.2 Å². The maximum Gasteiger partial charge on any atom is 0.240 e. The predicted molar refractivity (Wildman–Crippen MR) is 101 cm³/mol. The van der Waals surface area contributed by atoms with Crippen LogP contribution in [0.2, 0.25) is 0 Å². The van der Waals surface area contributed by atoms with Gasteiger partial charge in [0.2, 0.25) is 5.89 Å². The normalized spacial score (nSPS) is 17.5. The second-order valence-electron chi connectivity index (χ2n) is 6.51. The van der Waals surface area contributed by atoms with Gasteiger partial charge in [-0.3, -0.25) is 9.88 Å². The number of ether oxygens (including phenoxy) is 1. The van der Waals surface area contributed by atoms with E-state index in [0.717, 1.165) is 38.1 Å². The minimum Gasteiger partial charge on any atom is -0.374 e. The summed E-state index contributed by atoms with van der Waals surface area (Å²) in [7, 11) is 1.65. The Kier molecular flexibility index (Phi) is 5.14. The van der Waals surface area contributed by atoms with E-state index in [4.69, 9.17) is 9.26 Å². The molecule has 1 fully saturated rings. The van der Waals surface area contributed by atoms with Gasteiger partial charge in [0.15, 0.2) is 5.82 Å². The fraction of sp³-hybridized carbons (Fsp3) is 0.500. The van der Waals surface area contributed by atoms with Crippen molar-refractivity contribution >= 4 is 27.2 Å². The summed E-state index contributed by atoms with van der Waals surface area (Å²) < 4.78 is 11.9. The average molecular weight is 373 g/mol. The molecule has 8 heteroatoms. The van der Waals surface area contributed by atoms with Gasteiger partial charge in [-0.05, 0) is 30.9 Å². The summed E-state index contributed by atoms with van der Waals surface area (Å²) in [6, 6.07) is 4.21. The Morgan fingerprint density at radius 3 is 3.08 bits per heavy atom. The summed E-state index contributed by atoms with van der Waals surface area (Å²) in [5.41, 5.74) is 2.38. The van der Waals surface area contributed by atoms with Crippen molar-refractivity contribution in [3.63, 3.8) is 0 Å². The molecule has 0 bridgehead atoms. The fourth-order valence-electron chi connectivity index (χ4n) is 3.27. The number of aromatic nitrogens is 3. The molecule has 0 aliphatic carbocycles. The van der Waals surface area contributed by atoms with Crippen LogP contribution in [0, 0.1) is 0 Å². The van der Waals surface area contributed by atoms with Gasteiger partial charge in [0.05, 0.1) is 22.4 Å². The molecule has 1 aliphatic rings. The van der Waals surface area contributed by atoms with Gasteiger partial charge in [-0.1, -0.05) is 5.16 Å². The Balaban J connectivity index is 1.42. The number of anilines is 1. The molecule has 0 N–H and O–H groups in total. The first kappa shape index (κ1) is 17.4. The highest BCUT2D eigenvalue weighted by atomic mass is 32.1. The lowest BCUT2D eigenvalue weighted by Gasteiger charge is -2.23. The van der Waals surface area contributed by atoms with E-state index < -0.39 is 0 Å².